The molecule has 0 aliphatic heterocycles. The van der Waals surface area contributed by atoms with E-state index in [-0.39, 0.29) is 0 Å². The number of hydrogen-bond donors (Lipinski definition) is 1. The number of aromatic nitrogens is 3. The molecule has 102 valence electrons. The van der Waals surface area contributed by atoms with Gasteiger partial charge in [0.2, 0.25) is 5.95 Å². The standard InChI is InChI=1S/C14H16N6/c1-3-20(4-2)13-10-16-19-14(18-13)17-12-8-6-5-7-11(12)9-15/h5-8,10H,3-4H2,1-2H3,(H,17,18,19). The van der Waals surface area contributed by atoms with Crippen LogP contribution in [-0.2, 0) is 0 Å². The predicted molar refractivity (Wildman–Crippen MR) is 77.8 cm³/mol. The van der Waals surface area contributed by atoms with Crippen LogP contribution in [0.15, 0.2) is 30.5 Å². The van der Waals surface area contributed by atoms with E-state index in [1.807, 2.05) is 18.2 Å². The van der Waals surface area contributed by atoms with Gasteiger partial charge in [0.25, 0.3) is 0 Å². The first-order valence-electron chi connectivity index (χ1n) is 6.49. The van der Waals surface area contributed by atoms with Crippen LogP contribution in [0.3, 0.4) is 0 Å². The maximum atomic E-state index is 9.06. The van der Waals surface area contributed by atoms with E-state index in [0.717, 1.165) is 18.9 Å². The fraction of sp³-hybridized carbons (Fsp3) is 0.286. The first-order chi connectivity index (χ1) is 9.78. The Morgan fingerprint density at radius 2 is 2.00 bits per heavy atom. The van der Waals surface area contributed by atoms with Gasteiger partial charge in [0.15, 0.2) is 5.82 Å². The summed E-state index contributed by atoms with van der Waals surface area (Å²) >= 11 is 0. The Hall–Kier alpha value is -2.68. The van der Waals surface area contributed by atoms with Gasteiger partial charge in [-0.15, -0.1) is 5.10 Å². The van der Waals surface area contributed by atoms with Crippen LogP contribution < -0.4 is 10.2 Å². The predicted octanol–water partition coefficient (Wildman–Crippen LogP) is 2.33. The Bertz CT molecular complexity index is 615. The van der Waals surface area contributed by atoms with Gasteiger partial charge in [0, 0.05) is 13.1 Å². The number of nitrogens with zero attached hydrogens (tertiary/aromatic N) is 5. The lowest BCUT2D eigenvalue weighted by molar-refractivity contribution is 0.826. The van der Waals surface area contributed by atoms with Crippen LogP contribution in [0.4, 0.5) is 17.5 Å². The first-order valence-corrected chi connectivity index (χ1v) is 6.49. The lowest BCUT2D eigenvalue weighted by Crippen LogP contribution is -2.23. The number of para-hydroxylation sites is 1. The molecule has 1 heterocycles. The Kier molecular flexibility index (Phi) is 4.45. The summed E-state index contributed by atoms with van der Waals surface area (Å²) in [6.45, 7) is 5.82. The molecule has 0 saturated heterocycles. The zero-order chi connectivity index (χ0) is 14.4. The molecule has 0 amide bonds. The average Bonchev–Trinajstić information content (AvgIpc) is 2.49. The number of anilines is 3. The molecule has 0 aliphatic rings. The molecule has 1 N–H and O–H groups in total. The van der Waals surface area contributed by atoms with Crippen molar-refractivity contribution in [2.75, 3.05) is 23.3 Å². The van der Waals surface area contributed by atoms with Crippen LogP contribution in [0.5, 0.6) is 0 Å². The van der Waals surface area contributed by atoms with Gasteiger partial charge in [0.05, 0.1) is 17.4 Å². The van der Waals surface area contributed by atoms with Gasteiger partial charge >= 0.3 is 0 Å². The summed E-state index contributed by atoms with van der Waals surface area (Å²) in [7, 11) is 0. The first kappa shape index (κ1) is 13.7. The lowest BCUT2D eigenvalue weighted by Gasteiger charge is -2.19. The van der Waals surface area contributed by atoms with Crippen LogP contribution in [-0.4, -0.2) is 28.3 Å². The second kappa shape index (κ2) is 6.48. The Balaban J connectivity index is 2.26. The van der Waals surface area contributed by atoms with Crippen LogP contribution in [0.1, 0.15) is 19.4 Å². The Morgan fingerprint density at radius 1 is 1.25 bits per heavy atom. The van der Waals surface area contributed by atoms with Gasteiger partial charge in [-0.25, -0.2) is 0 Å². The van der Waals surface area contributed by atoms with Crippen LogP contribution in [0.2, 0.25) is 0 Å². The van der Waals surface area contributed by atoms with Gasteiger partial charge in [-0.2, -0.15) is 15.3 Å². The van der Waals surface area contributed by atoms with Gasteiger partial charge in [-0.3, -0.25) is 0 Å². The zero-order valence-electron chi connectivity index (χ0n) is 11.5. The third-order valence-corrected chi connectivity index (χ3v) is 2.93. The van der Waals surface area contributed by atoms with E-state index in [0.29, 0.717) is 17.2 Å². The molecule has 0 spiro atoms. The maximum absolute atomic E-state index is 9.06. The molecule has 2 aromatic rings. The summed E-state index contributed by atoms with van der Waals surface area (Å²) in [5.74, 6) is 1.15. The summed E-state index contributed by atoms with van der Waals surface area (Å²) in [4.78, 5) is 6.50. The summed E-state index contributed by atoms with van der Waals surface area (Å²) in [5.41, 5.74) is 1.22. The van der Waals surface area contributed by atoms with Crippen molar-refractivity contribution in [3.8, 4) is 6.07 Å². The highest BCUT2D eigenvalue weighted by Gasteiger charge is 2.08. The smallest absolute Gasteiger partial charge is 0.249 e. The minimum atomic E-state index is 0.386. The van der Waals surface area contributed by atoms with E-state index in [9.17, 15) is 0 Å². The molecule has 6 heteroatoms. The maximum Gasteiger partial charge on any atom is 0.249 e. The molecule has 0 fully saturated rings. The molecule has 0 aliphatic carbocycles. The lowest BCUT2D eigenvalue weighted by atomic mass is 10.2. The van der Waals surface area contributed by atoms with Gasteiger partial charge in [-0.05, 0) is 26.0 Å². The second-order valence-electron chi connectivity index (χ2n) is 4.09. The van der Waals surface area contributed by atoms with E-state index >= 15 is 0 Å². The summed E-state index contributed by atoms with van der Waals surface area (Å²) < 4.78 is 0. The van der Waals surface area contributed by atoms with Crippen molar-refractivity contribution < 1.29 is 0 Å². The quantitative estimate of drug-likeness (QED) is 0.896. The third-order valence-electron chi connectivity index (χ3n) is 2.93. The molecule has 0 atom stereocenters. The van der Waals surface area contributed by atoms with Crippen LogP contribution >= 0.6 is 0 Å². The van der Waals surface area contributed by atoms with E-state index in [2.05, 4.69) is 45.3 Å². The van der Waals surface area contributed by atoms with Gasteiger partial charge in [0.1, 0.15) is 6.07 Å². The molecule has 0 unspecified atom stereocenters. The summed E-state index contributed by atoms with van der Waals surface area (Å²) in [6.07, 6.45) is 1.63. The monoisotopic (exact) mass is 268 g/mol. The molecular weight excluding hydrogens is 252 g/mol. The van der Waals surface area contributed by atoms with E-state index < -0.39 is 0 Å². The largest absolute Gasteiger partial charge is 0.356 e. The molecule has 0 saturated carbocycles. The number of benzene rings is 1. The van der Waals surface area contributed by atoms with Crippen molar-refractivity contribution in [1.82, 2.24) is 15.2 Å². The minimum absolute atomic E-state index is 0.386. The van der Waals surface area contributed by atoms with Crippen LogP contribution in [0, 0.1) is 11.3 Å². The average molecular weight is 268 g/mol. The second-order valence-corrected chi connectivity index (χ2v) is 4.09. The van der Waals surface area contributed by atoms with Crippen molar-refractivity contribution in [1.29, 1.82) is 5.26 Å². The fourth-order valence-corrected chi connectivity index (χ4v) is 1.86. The highest BCUT2D eigenvalue weighted by molar-refractivity contribution is 5.63. The number of hydrogen-bond acceptors (Lipinski definition) is 6. The van der Waals surface area contributed by atoms with Crippen molar-refractivity contribution >= 4 is 17.5 Å². The van der Waals surface area contributed by atoms with E-state index in [1.165, 1.54) is 0 Å². The molecule has 1 aromatic carbocycles. The normalized spacial score (nSPS) is 9.85. The number of nitriles is 1. The number of rotatable bonds is 5. The number of nitrogens with one attached hydrogen (secondary N) is 1. The fourth-order valence-electron chi connectivity index (χ4n) is 1.86. The van der Waals surface area contributed by atoms with Crippen molar-refractivity contribution in [3.05, 3.63) is 36.0 Å². The minimum Gasteiger partial charge on any atom is -0.356 e. The molecule has 0 bridgehead atoms. The van der Waals surface area contributed by atoms with Crippen molar-refractivity contribution in [2.24, 2.45) is 0 Å². The van der Waals surface area contributed by atoms with Crippen LogP contribution in [0.25, 0.3) is 0 Å². The van der Waals surface area contributed by atoms with Crippen molar-refractivity contribution in [2.45, 2.75) is 13.8 Å². The topological polar surface area (TPSA) is 77.7 Å². The highest BCUT2D eigenvalue weighted by Crippen LogP contribution is 2.18. The third kappa shape index (κ3) is 3.01. The van der Waals surface area contributed by atoms with E-state index in [4.69, 9.17) is 5.26 Å². The SMILES string of the molecule is CCN(CC)c1cnnc(Nc2ccccc2C#N)n1. The summed E-state index contributed by atoms with van der Waals surface area (Å²) in [5, 5.41) is 20.0. The summed E-state index contributed by atoms with van der Waals surface area (Å²) in [6, 6.07) is 9.34. The molecule has 1 aromatic heterocycles. The van der Waals surface area contributed by atoms with Gasteiger partial charge < -0.3 is 10.2 Å². The zero-order valence-corrected chi connectivity index (χ0v) is 11.5. The molecule has 20 heavy (non-hydrogen) atoms. The molecule has 2 rings (SSSR count). The molecular formula is C14H16N6. The Morgan fingerprint density at radius 3 is 2.70 bits per heavy atom. The molecule has 6 nitrogen and oxygen atoms in total. The Labute approximate surface area is 118 Å². The van der Waals surface area contributed by atoms with Crippen molar-refractivity contribution in [3.63, 3.8) is 0 Å². The highest BCUT2D eigenvalue weighted by atomic mass is 15.3. The molecule has 0 radical (unpaired) electrons. The van der Waals surface area contributed by atoms with E-state index in [1.54, 1.807) is 12.3 Å². The van der Waals surface area contributed by atoms with Gasteiger partial charge in [-0.1, -0.05) is 12.1 Å².